The quantitative estimate of drug-likeness (QED) is 0.737. The van der Waals surface area contributed by atoms with Gasteiger partial charge in [-0.05, 0) is 34.1 Å². The fraction of sp³-hybridized carbons (Fsp3) is 0. The van der Waals surface area contributed by atoms with Crippen LogP contribution in [0.25, 0.3) is 22.4 Å². The molecule has 17 heavy (non-hydrogen) atoms. The maximum absolute atomic E-state index is 6.08. The van der Waals surface area contributed by atoms with Crippen molar-refractivity contribution in [2.75, 3.05) is 0 Å². The van der Waals surface area contributed by atoms with E-state index in [2.05, 4.69) is 30.9 Å². The van der Waals surface area contributed by atoms with Crippen LogP contribution in [0.1, 0.15) is 0 Å². The Morgan fingerprint density at radius 1 is 1.24 bits per heavy atom. The Balaban J connectivity index is 2.22. The third kappa shape index (κ3) is 1.94. The minimum Gasteiger partial charge on any atom is -0.338 e. The molecule has 2 aromatic heterocycles. The third-order valence-corrected chi connectivity index (χ3v) is 3.18. The fourth-order valence-corrected chi connectivity index (χ4v) is 2.26. The normalized spacial score (nSPS) is 10.9. The Kier molecular flexibility index (Phi) is 2.61. The summed E-state index contributed by atoms with van der Waals surface area (Å²) >= 11 is 9.47. The lowest BCUT2D eigenvalue weighted by Crippen LogP contribution is -1.82. The van der Waals surface area contributed by atoms with Crippen molar-refractivity contribution in [2.45, 2.75) is 0 Å². The molecule has 84 valence electrons. The number of fused-ring (bicyclic) bond motifs is 1. The first-order valence-corrected chi connectivity index (χ1v) is 6.16. The molecule has 1 N–H and O–H groups in total. The molecule has 0 bridgehead atoms. The van der Waals surface area contributed by atoms with Crippen LogP contribution in [0.5, 0.6) is 0 Å². The number of halogens is 2. The maximum Gasteiger partial charge on any atom is 0.140 e. The van der Waals surface area contributed by atoms with Crippen LogP contribution in [0, 0.1) is 0 Å². The van der Waals surface area contributed by atoms with Gasteiger partial charge in [-0.25, -0.2) is 4.98 Å². The average molecular weight is 309 g/mol. The maximum atomic E-state index is 6.08. The molecule has 3 nitrogen and oxygen atoms in total. The molecular weight excluding hydrogens is 302 g/mol. The van der Waals surface area contributed by atoms with Crippen LogP contribution in [-0.4, -0.2) is 15.0 Å². The second kappa shape index (κ2) is 4.13. The summed E-state index contributed by atoms with van der Waals surface area (Å²) < 4.78 is 0.918. The van der Waals surface area contributed by atoms with Crippen molar-refractivity contribution >= 4 is 38.6 Å². The van der Waals surface area contributed by atoms with E-state index in [0.717, 1.165) is 26.9 Å². The second-order valence-electron chi connectivity index (χ2n) is 3.61. The number of hydrogen-bond donors (Lipinski definition) is 1. The summed E-state index contributed by atoms with van der Waals surface area (Å²) in [6, 6.07) is 7.63. The summed E-state index contributed by atoms with van der Waals surface area (Å²) in [7, 11) is 0. The van der Waals surface area contributed by atoms with Gasteiger partial charge in [0.1, 0.15) is 11.3 Å². The van der Waals surface area contributed by atoms with Gasteiger partial charge in [0.25, 0.3) is 0 Å². The Bertz CT molecular complexity index is 693. The molecule has 0 saturated heterocycles. The van der Waals surface area contributed by atoms with Crippen LogP contribution >= 0.6 is 27.5 Å². The molecule has 0 unspecified atom stereocenters. The van der Waals surface area contributed by atoms with Crippen molar-refractivity contribution in [1.82, 2.24) is 15.0 Å². The average Bonchev–Trinajstić information content (AvgIpc) is 2.74. The van der Waals surface area contributed by atoms with Gasteiger partial charge >= 0.3 is 0 Å². The second-order valence-corrected chi connectivity index (χ2v) is 4.94. The van der Waals surface area contributed by atoms with Crippen LogP contribution in [0.3, 0.4) is 0 Å². The molecule has 0 amide bonds. The number of aromatic amines is 1. The van der Waals surface area contributed by atoms with E-state index >= 15 is 0 Å². The van der Waals surface area contributed by atoms with Crippen LogP contribution in [0.4, 0.5) is 0 Å². The zero-order valence-corrected chi connectivity index (χ0v) is 11.0. The number of hydrogen-bond acceptors (Lipinski definition) is 2. The molecule has 0 aliphatic carbocycles. The molecule has 0 saturated carbocycles. The van der Waals surface area contributed by atoms with E-state index in [1.807, 2.05) is 24.3 Å². The molecule has 3 aromatic rings. The van der Waals surface area contributed by atoms with Gasteiger partial charge in [0.15, 0.2) is 0 Å². The fourth-order valence-electron chi connectivity index (χ4n) is 1.68. The highest BCUT2D eigenvalue weighted by Crippen LogP contribution is 2.26. The first-order valence-electron chi connectivity index (χ1n) is 4.99. The molecule has 0 aliphatic heterocycles. The smallest absolute Gasteiger partial charge is 0.140 e. The van der Waals surface area contributed by atoms with Crippen molar-refractivity contribution in [1.29, 1.82) is 0 Å². The van der Waals surface area contributed by atoms with Crippen molar-refractivity contribution < 1.29 is 0 Å². The van der Waals surface area contributed by atoms with Crippen LogP contribution < -0.4 is 0 Å². The van der Waals surface area contributed by atoms with E-state index in [4.69, 9.17) is 11.6 Å². The summed E-state index contributed by atoms with van der Waals surface area (Å²) in [4.78, 5) is 11.8. The first kappa shape index (κ1) is 10.7. The van der Waals surface area contributed by atoms with Gasteiger partial charge in [0.05, 0.1) is 10.5 Å². The van der Waals surface area contributed by atoms with Crippen LogP contribution in [0.2, 0.25) is 5.02 Å². The minimum absolute atomic E-state index is 0.646. The predicted molar refractivity (Wildman–Crippen MR) is 72.0 cm³/mol. The lowest BCUT2D eigenvalue weighted by Gasteiger charge is -1.95. The van der Waals surface area contributed by atoms with Gasteiger partial charge in [0, 0.05) is 22.4 Å². The Morgan fingerprint density at radius 2 is 2.12 bits per heavy atom. The van der Waals surface area contributed by atoms with Crippen molar-refractivity contribution in [2.24, 2.45) is 0 Å². The summed E-state index contributed by atoms with van der Waals surface area (Å²) in [6.07, 6.45) is 3.50. The molecule has 0 radical (unpaired) electrons. The number of pyridine rings is 1. The largest absolute Gasteiger partial charge is 0.338 e. The van der Waals surface area contributed by atoms with Crippen LogP contribution in [0.15, 0.2) is 41.1 Å². The van der Waals surface area contributed by atoms with Crippen molar-refractivity contribution in [3.05, 3.63) is 46.2 Å². The number of nitrogens with zero attached hydrogens (tertiary/aromatic N) is 2. The van der Waals surface area contributed by atoms with Gasteiger partial charge in [-0.15, -0.1) is 0 Å². The highest BCUT2D eigenvalue weighted by atomic mass is 79.9. The number of rotatable bonds is 1. The first-order chi connectivity index (χ1) is 8.24. The highest BCUT2D eigenvalue weighted by Gasteiger charge is 2.08. The number of nitrogens with one attached hydrogen (secondary N) is 1. The zero-order chi connectivity index (χ0) is 11.8. The Morgan fingerprint density at radius 3 is 2.88 bits per heavy atom. The monoisotopic (exact) mass is 307 g/mol. The standard InChI is InChI=1S/C12H7BrClN3/c13-8-4-7(5-15-6-8)12-16-10-3-1-2-9(14)11(10)17-12/h1-6H,(H,16,17). The number of H-pyrrole nitrogens is 1. The topological polar surface area (TPSA) is 41.6 Å². The van der Waals surface area contributed by atoms with Gasteiger partial charge in [-0.3, -0.25) is 4.98 Å². The molecule has 0 fully saturated rings. The van der Waals surface area contributed by atoms with E-state index in [1.165, 1.54) is 0 Å². The lowest BCUT2D eigenvalue weighted by molar-refractivity contribution is 1.26. The van der Waals surface area contributed by atoms with Crippen LogP contribution in [-0.2, 0) is 0 Å². The molecule has 0 spiro atoms. The van der Waals surface area contributed by atoms with Crippen molar-refractivity contribution in [3.63, 3.8) is 0 Å². The van der Waals surface area contributed by atoms with Crippen molar-refractivity contribution in [3.8, 4) is 11.4 Å². The van der Waals surface area contributed by atoms with E-state index in [9.17, 15) is 0 Å². The molecule has 2 heterocycles. The molecule has 3 rings (SSSR count). The Hall–Kier alpha value is -1.39. The summed E-state index contributed by atoms with van der Waals surface area (Å²) in [5.74, 6) is 0.766. The Labute approximate surface area is 111 Å². The molecule has 0 aliphatic rings. The number of para-hydroxylation sites is 1. The molecular formula is C12H7BrClN3. The van der Waals surface area contributed by atoms with Gasteiger partial charge in [-0.1, -0.05) is 17.7 Å². The minimum atomic E-state index is 0.646. The summed E-state index contributed by atoms with van der Waals surface area (Å²) in [5, 5.41) is 0.646. The molecule has 0 atom stereocenters. The zero-order valence-electron chi connectivity index (χ0n) is 8.61. The SMILES string of the molecule is Clc1cccc2[nH]c(-c3cncc(Br)c3)nc12. The third-order valence-electron chi connectivity index (χ3n) is 2.44. The van der Waals surface area contributed by atoms with E-state index in [-0.39, 0.29) is 0 Å². The number of aromatic nitrogens is 3. The summed E-state index contributed by atoms with van der Waals surface area (Å²) in [5.41, 5.74) is 2.63. The van der Waals surface area contributed by atoms with Gasteiger partial charge in [0.2, 0.25) is 0 Å². The predicted octanol–water partition coefficient (Wildman–Crippen LogP) is 4.04. The van der Waals surface area contributed by atoms with E-state index < -0.39 is 0 Å². The van der Waals surface area contributed by atoms with E-state index in [0.29, 0.717) is 5.02 Å². The molecule has 5 heteroatoms. The number of benzene rings is 1. The summed E-state index contributed by atoms with van der Waals surface area (Å²) in [6.45, 7) is 0. The lowest BCUT2D eigenvalue weighted by atomic mass is 10.3. The van der Waals surface area contributed by atoms with Gasteiger partial charge in [-0.2, -0.15) is 0 Å². The molecule has 1 aromatic carbocycles. The number of imidazole rings is 1. The van der Waals surface area contributed by atoms with E-state index in [1.54, 1.807) is 12.4 Å². The highest BCUT2D eigenvalue weighted by molar-refractivity contribution is 9.10. The van der Waals surface area contributed by atoms with Gasteiger partial charge < -0.3 is 4.98 Å².